The minimum Gasteiger partial charge on any atom is -0.311 e. The maximum absolute atomic E-state index is 4.80. The highest BCUT2D eigenvalue weighted by atomic mass is 15.2. The molecule has 10 aromatic carbocycles. The highest BCUT2D eigenvalue weighted by molar-refractivity contribution is 5.99. The van der Waals surface area contributed by atoms with Crippen molar-refractivity contribution >= 4 is 67.0 Å². The maximum atomic E-state index is 4.80. The predicted molar refractivity (Wildman–Crippen MR) is 354 cm³/mol. The first kappa shape index (κ1) is 53.3. The first-order chi connectivity index (χ1) is 40.4. The second kappa shape index (κ2) is 25.0. The molecule has 0 fully saturated rings. The Morgan fingerprint density at radius 1 is 0.354 bits per heavy atom. The SMILES string of the molecule is C=C/C(=C\C)N(c1ccccc1)c1ccc(-c2ccc(N(C(=C)/C=C\C=C(/C=C3C=CC=C3)N(c3ccc(-c4ccc(N(/C(C=C)=C/C)c5ccccc5)cc4)cc3)c3cccc4ccccc34)c3cccc4ccccc34)cc2)cc1. The van der Waals surface area contributed by atoms with Gasteiger partial charge in [-0.05, 0) is 168 Å². The van der Waals surface area contributed by atoms with Crippen LogP contribution in [0.15, 0.2) is 364 Å². The van der Waals surface area contributed by atoms with Gasteiger partial charge in [-0.15, -0.1) is 0 Å². The molecule has 0 spiro atoms. The molecule has 82 heavy (non-hydrogen) atoms. The van der Waals surface area contributed by atoms with Gasteiger partial charge in [-0.2, -0.15) is 0 Å². The number of nitrogens with zero attached hydrogens (tertiary/aromatic N) is 4. The second-order valence-electron chi connectivity index (χ2n) is 19.8. The molecule has 0 bridgehead atoms. The van der Waals surface area contributed by atoms with Gasteiger partial charge in [0.2, 0.25) is 0 Å². The van der Waals surface area contributed by atoms with Gasteiger partial charge in [-0.3, -0.25) is 0 Å². The Balaban J connectivity index is 0.950. The third-order valence-corrected chi connectivity index (χ3v) is 14.8. The third-order valence-electron chi connectivity index (χ3n) is 14.8. The molecule has 11 rings (SSSR count). The van der Waals surface area contributed by atoms with Crippen LogP contribution in [0, 0.1) is 0 Å². The third kappa shape index (κ3) is 11.4. The van der Waals surface area contributed by atoms with E-state index in [0.29, 0.717) is 0 Å². The summed E-state index contributed by atoms with van der Waals surface area (Å²) in [7, 11) is 0. The summed E-state index contributed by atoms with van der Waals surface area (Å²) in [6, 6.07) is 86.2. The van der Waals surface area contributed by atoms with E-state index in [9.17, 15) is 0 Å². The van der Waals surface area contributed by atoms with Gasteiger partial charge in [-0.25, -0.2) is 0 Å². The maximum Gasteiger partial charge on any atom is 0.0540 e. The zero-order valence-corrected chi connectivity index (χ0v) is 46.4. The lowest BCUT2D eigenvalue weighted by Gasteiger charge is -2.28. The van der Waals surface area contributed by atoms with Crippen molar-refractivity contribution in [2.75, 3.05) is 19.6 Å². The number of anilines is 8. The molecule has 0 aromatic heterocycles. The Bertz CT molecular complexity index is 4110. The molecule has 0 N–H and O–H groups in total. The van der Waals surface area contributed by atoms with Crippen molar-refractivity contribution in [3.8, 4) is 22.3 Å². The topological polar surface area (TPSA) is 13.0 Å². The van der Waals surface area contributed by atoms with Crippen molar-refractivity contribution in [2.45, 2.75) is 13.8 Å². The molecule has 0 amide bonds. The van der Waals surface area contributed by atoms with E-state index in [-0.39, 0.29) is 0 Å². The molecular weight excluding hydrogens is 993 g/mol. The summed E-state index contributed by atoms with van der Waals surface area (Å²) in [5.41, 5.74) is 17.8. The number of rotatable bonds is 19. The zero-order chi connectivity index (χ0) is 56.2. The van der Waals surface area contributed by atoms with Crippen molar-refractivity contribution in [3.05, 3.63) is 364 Å². The van der Waals surface area contributed by atoms with Gasteiger partial charge >= 0.3 is 0 Å². The van der Waals surface area contributed by atoms with Gasteiger partial charge in [0.1, 0.15) is 0 Å². The van der Waals surface area contributed by atoms with Crippen molar-refractivity contribution < 1.29 is 0 Å². The first-order valence-electron chi connectivity index (χ1n) is 27.8. The fraction of sp³-hybridized carbons (Fsp3) is 0.0256. The summed E-state index contributed by atoms with van der Waals surface area (Å²) in [6.07, 6.45) is 25.2. The van der Waals surface area contributed by atoms with Crippen LogP contribution >= 0.6 is 0 Å². The minimum absolute atomic E-state index is 0.811. The predicted octanol–water partition coefficient (Wildman–Crippen LogP) is 21.8. The average molecular weight is 1060 g/mol. The van der Waals surface area contributed by atoms with Crippen molar-refractivity contribution in [1.29, 1.82) is 0 Å². The summed E-state index contributed by atoms with van der Waals surface area (Å²) in [5.74, 6) is 0. The van der Waals surface area contributed by atoms with E-state index in [2.05, 4.69) is 324 Å². The van der Waals surface area contributed by atoms with Crippen LogP contribution in [0.25, 0.3) is 43.8 Å². The summed E-state index contributed by atoms with van der Waals surface area (Å²) >= 11 is 0. The van der Waals surface area contributed by atoms with Crippen LogP contribution in [0.2, 0.25) is 0 Å². The molecule has 0 unspecified atom stereocenters. The van der Waals surface area contributed by atoms with Gasteiger partial charge in [0.25, 0.3) is 0 Å². The van der Waals surface area contributed by atoms with Gasteiger partial charge in [0.15, 0.2) is 0 Å². The molecule has 396 valence electrons. The van der Waals surface area contributed by atoms with Crippen LogP contribution in [0.4, 0.5) is 45.5 Å². The Morgan fingerprint density at radius 2 is 0.707 bits per heavy atom. The minimum atomic E-state index is 0.811. The van der Waals surface area contributed by atoms with E-state index in [1.54, 1.807) is 0 Å². The Morgan fingerprint density at radius 3 is 1.12 bits per heavy atom. The lowest BCUT2D eigenvalue weighted by Crippen LogP contribution is -2.16. The Hall–Kier alpha value is -10.7. The molecule has 4 nitrogen and oxygen atoms in total. The molecule has 0 heterocycles. The highest BCUT2D eigenvalue weighted by Gasteiger charge is 2.20. The van der Waals surface area contributed by atoms with Crippen LogP contribution in [-0.4, -0.2) is 0 Å². The lowest BCUT2D eigenvalue weighted by atomic mass is 10.0. The van der Waals surface area contributed by atoms with Crippen molar-refractivity contribution in [3.63, 3.8) is 0 Å². The summed E-state index contributed by atoms with van der Waals surface area (Å²) in [5, 5.41) is 4.60. The fourth-order valence-electron chi connectivity index (χ4n) is 10.8. The van der Waals surface area contributed by atoms with Crippen LogP contribution in [0.5, 0.6) is 0 Å². The van der Waals surface area contributed by atoms with Crippen LogP contribution in [-0.2, 0) is 0 Å². The lowest BCUT2D eigenvalue weighted by molar-refractivity contribution is 1.20. The van der Waals surface area contributed by atoms with E-state index in [4.69, 9.17) is 6.58 Å². The van der Waals surface area contributed by atoms with Gasteiger partial charge < -0.3 is 19.6 Å². The number of para-hydroxylation sites is 2. The normalized spacial score (nSPS) is 12.5. The molecule has 4 heteroatoms. The fourth-order valence-corrected chi connectivity index (χ4v) is 10.8. The summed E-state index contributed by atoms with van der Waals surface area (Å²) < 4.78 is 0. The van der Waals surface area contributed by atoms with Crippen LogP contribution in [0.3, 0.4) is 0 Å². The van der Waals surface area contributed by atoms with E-state index in [0.717, 1.165) is 118 Å². The molecule has 0 saturated carbocycles. The Kier molecular flexibility index (Phi) is 16.2. The molecule has 0 saturated heterocycles. The zero-order valence-electron chi connectivity index (χ0n) is 46.4. The first-order valence-corrected chi connectivity index (χ1v) is 27.8. The van der Waals surface area contributed by atoms with Gasteiger partial charge in [0, 0.05) is 67.7 Å². The molecule has 1 aliphatic carbocycles. The number of benzene rings is 10. The second-order valence-corrected chi connectivity index (χ2v) is 19.8. The van der Waals surface area contributed by atoms with Gasteiger partial charge in [0.05, 0.1) is 11.4 Å². The van der Waals surface area contributed by atoms with E-state index in [1.165, 1.54) is 0 Å². The van der Waals surface area contributed by atoms with Crippen molar-refractivity contribution in [1.82, 2.24) is 0 Å². The van der Waals surface area contributed by atoms with E-state index in [1.807, 2.05) is 38.1 Å². The molecular formula is C78H64N4. The van der Waals surface area contributed by atoms with Crippen LogP contribution < -0.4 is 19.6 Å². The van der Waals surface area contributed by atoms with E-state index < -0.39 is 0 Å². The standard InChI is InChI=1S/C78H64N4/c1-6-66(7-2)80(68-32-12-10-13-33-68)71-51-43-61(44-52-71)60-41-49-70(50-42-60)79(77-39-23-30-64-28-18-20-37-75(64)77)58(5)25-22-36-74(57-59-26-16-17-27-59)82(78-40-24-31-65-29-19-21-38-76(65)78)73-55-47-63(48-56-73)62-45-53-72(54-46-62)81(67(8-3)9-4)69-34-14-11-15-35-69/h6-57H,1,3,5H2,2,4H3/b25-22-,66-7+,67-9+,74-36+. The van der Waals surface area contributed by atoms with Gasteiger partial charge in [-0.1, -0.05) is 220 Å². The number of hydrogen-bond donors (Lipinski definition) is 0. The quantitative estimate of drug-likeness (QED) is 0.0748. The molecule has 0 radical (unpaired) electrons. The van der Waals surface area contributed by atoms with Crippen LogP contribution in [0.1, 0.15) is 13.8 Å². The highest BCUT2D eigenvalue weighted by Crippen LogP contribution is 2.41. The number of fused-ring (bicyclic) bond motifs is 2. The molecule has 0 aliphatic heterocycles. The molecule has 10 aromatic rings. The average Bonchev–Trinajstić information content (AvgIpc) is 4.08. The number of allylic oxidation sites excluding steroid dienone is 13. The van der Waals surface area contributed by atoms with E-state index >= 15 is 0 Å². The largest absolute Gasteiger partial charge is 0.311 e. The molecule has 1 aliphatic rings. The summed E-state index contributed by atoms with van der Waals surface area (Å²) in [6.45, 7) is 17.1. The summed E-state index contributed by atoms with van der Waals surface area (Å²) in [4.78, 5) is 9.08. The van der Waals surface area contributed by atoms with Crippen molar-refractivity contribution in [2.24, 2.45) is 0 Å². The Labute approximate surface area is 483 Å². The monoisotopic (exact) mass is 1060 g/mol. The number of hydrogen-bond acceptors (Lipinski definition) is 4. The molecule has 0 atom stereocenters. The smallest absolute Gasteiger partial charge is 0.0540 e.